The summed E-state index contributed by atoms with van der Waals surface area (Å²) in [6.45, 7) is 0.715. The molecular weight excluding hydrogens is 427 g/mol. The van der Waals surface area contributed by atoms with Gasteiger partial charge in [-0.1, -0.05) is 65.2 Å². The van der Waals surface area contributed by atoms with Crippen molar-refractivity contribution in [3.05, 3.63) is 87.4 Å². The van der Waals surface area contributed by atoms with E-state index in [9.17, 15) is 0 Å². The van der Waals surface area contributed by atoms with E-state index in [0.717, 1.165) is 20.3 Å². The number of hydrogen-bond acceptors (Lipinski definition) is 3. The summed E-state index contributed by atoms with van der Waals surface area (Å²) in [4.78, 5) is 4.11. The minimum atomic E-state index is 0.0637. The van der Waals surface area contributed by atoms with E-state index in [2.05, 4.69) is 4.98 Å². The van der Waals surface area contributed by atoms with Gasteiger partial charge in [-0.15, -0.1) is 11.8 Å². The number of thiocarbonyl (C=S) groups is 1. The lowest BCUT2D eigenvalue weighted by atomic mass is 10.1. The van der Waals surface area contributed by atoms with Gasteiger partial charge in [0.15, 0.2) is 0 Å². The molecule has 1 aromatic heterocycles. The highest BCUT2D eigenvalue weighted by atomic mass is 35.5. The largest absolute Gasteiger partial charge is 0.336 e. The monoisotopic (exact) mass is 440 g/mol. The molecule has 1 heterocycles. The van der Waals surface area contributed by atoms with E-state index in [1.807, 2.05) is 47.2 Å². The van der Waals surface area contributed by atoms with Crippen LogP contribution >= 0.6 is 58.8 Å². The number of imidazole rings is 1. The summed E-state index contributed by atoms with van der Waals surface area (Å²) in [5.41, 5.74) is 2.14. The zero-order valence-corrected chi connectivity index (χ0v) is 17.5. The maximum atomic E-state index is 6.44. The van der Waals surface area contributed by atoms with Gasteiger partial charge in [-0.25, -0.2) is 4.98 Å². The van der Waals surface area contributed by atoms with Crippen molar-refractivity contribution in [1.29, 1.82) is 0 Å². The van der Waals surface area contributed by atoms with Gasteiger partial charge in [-0.05, 0) is 35.4 Å². The van der Waals surface area contributed by atoms with Crippen molar-refractivity contribution >= 4 is 63.0 Å². The van der Waals surface area contributed by atoms with Crippen LogP contribution in [0.4, 0.5) is 0 Å². The molecule has 0 bridgehead atoms. The minimum Gasteiger partial charge on any atom is -0.336 e. The molecule has 134 valence electrons. The van der Waals surface area contributed by atoms with Crippen molar-refractivity contribution in [2.24, 2.45) is 0 Å². The highest BCUT2D eigenvalue weighted by Crippen LogP contribution is 2.37. The first kappa shape index (κ1) is 19.7. The van der Waals surface area contributed by atoms with Crippen molar-refractivity contribution in [2.75, 3.05) is 0 Å². The lowest BCUT2D eigenvalue weighted by molar-refractivity contribution is 0.685. The third-order valence-corrected chi connectivity index (χ3v) is 6.12. The summed E-state index contributed by atoms with van der Waals surface area (Å²) in [6, 6.07) is 13.3. The number of hydrogen-bond donors (Lipinski definition) is 0. The molecule has 0 spiro atoms. The number of rotatable bonds is 6. The van der Waals surface area contributed by atoms with E-state index < -0.39 is 0 Å². The Balaban J connectivity index is 1.78. The molecule has 0 N–H and O–H groups in total. The standard InChI is InChI=1S/C19H15Cl3N2S2/c20-14-3-1-13(2-4-14)9-19(25)26-18(11-24-8-7-23-12-24)16-6-5-15(21)10-17(16)22/h1-8,10,12,18H,9,11H2. The SMILES string of the molecule is S=C(Cc1ccc(Cl)cc1)SC(Cn1ccnc1)c1ccc(Cl)cc1Cl. The molecule has 0 aliphatic rings. The average Bonchev–Trinajstić information content (AvgIpc) is 3.09. The van der Waals surface area contributed by atoms with E-state index >= 15 is 0 Å². The summed E-state index contributed by atoms with van der Waals surface area (Å²) < 4.78 is 2.91. The van der Waals surface area contributed by atoms with Crippen molar-refractivity contribution < 1.29 is 0 Å². The topological polar surface area (TPSA) is 17.8 Å². The van der Waals surface area contributed by atoms with Gasteiger partial charge >= 0.3 is 0 Å². The average molecular weight is 442 g/mol. The van der Waals surface area contributed by atoms with Gasteiger partial charge < -0.3 is 4.57 Å². The number of nitrogens with zero attached hydrogens (tertiary/aromatic N) is 2. The van der Waals surface area contributed by atoms with Crippen LogP contribution in [0.3, 0.4) is 0 Å². The lowest BCUT2D eigenvalue weighted by Crippen LogP contribution is -2.09. The Morgan fingerprint density at radius 3 is 2.46 bits per heavy atom. The molecule has 2 aromatic carbocycles. The summed E-state index contributed by atoms with van der Waals surface area (Å²) in [5, 5.41) is 2.05. The summed E-state index contributed by atoms with van der Waals surface area (Å²) in [7, 11) is 0. The Morgan fingerprint density at radius 2 is 1.81 bits per heavy atom. The molecule has 0 amide bonds. The van der Waals surface area contributed by atoms with Gasteiger partial charge in [0, 0.05) is 40.4 Å². The molecule has 0 aliphatic heterocycles. The van der Waals surface area contributed by atoms with E-state index in [-0.39, 0.29) is 5.25 Å². The molecule has 26 heavy (non-hydrogen) atoms. The summed E-state index contributed by atoms with van der Waals surface area (Å²) in [6.07, 6.45) is 6.18. The maximum absolute atomic E-state index is 6.44. The summed E-state index contributed by atoms with van der Waals surface area (Å²) in [5.74, 6) is 0. The third kappa shape index (κ3) is 5.48. The van der Waals surface area contributed by atoms with Crippen LogP contribution in [-0.4, -0.2) is 13.7 Å². The predicted molar refractivity (Wildman–Crippen MR) is 117 cm³/mol. The van der Waals surface area contributed by atoms with E-state index in [1.54, 1.807) is 30.4 Å². The minimum absolute atomic E-state index is 0.0637. The van der Waals surface area contributed by atoms with Crippen molar-refractivity contribution in [1.82, 2.24) is 9.55 Å². The molecule has 7 heteroatoms. The number of halogens is 3. The molecule has 3 aromatic rings. The van der Waals surface area contributed by atoms with Crippen LogP contribution in [0.2, 0.25) is 15.1 Å². The second kappa shape index (κ2) is 9.25. The molecule has 0 radical (unpaired) electrons. The first-order valence-electron chi connectivity index (χ1n) is 7.86. The molecule has 0 fully saturated rings. The van der Waals surface area contributed by atoms with Gasteiger partial charge in [-0.2, -0.15) is 0 Å². The van der Waals surface area contributed by atoms with Gasteiger partial charge in [0.1, 0.15) is 0 Å². The second-order valence-electron chi connectivity index (χ2n) is 5.71. The molecule has 0 aliphatic carbocycles. The molecule has 0 saturated carbocycles. The van der Waals surface area contributed by atoms with Crippen LogP contribution in [-0.2, 0) is 13.0 Å². The normalized spacial score (nSPS) is 12.1. The Bertz CT molecular complexity index is 880. The Hall–Kier alpha value is -1.04. The first-order chi connectivity index (χ1) is 12.5. The fourth-order valence-corrected chi connectivity index (χ4v) is 4.91. The number of aromatic nitrogens is 2. The zero-order chi connectivity index (χ0) is 18.5. The van der Waals surface area contributed by atoms with E-state index in [1.165, 1.54) is 0 Å². The number of thioether (sulfide) groups is 1. The molecule has 1 unspecified atom stereocenters. The maximum Gasteiger partial charge on any atom is 0.0946 e. The van der Waals surface area contributed by atoms with Crippen molar-refractivity contribution in [2.45, 2.75) is 18.2 Å². The zero-order valence-electron chi connectivity index (χ0n) is 13.6. The summed E-state index contributed by atoms with van der Waals surface area (Å²) >= 11 is 25.7. The van der Waals surface area contributed by atoms with Crippen LogP contribution in [0.5, 0.6) is 0 Å². The Kier molecular flexibility index (Phi) is 7.01. The highest BCUT2D eigenvalue weighted by molar-refractivity contribution is 8.23. The van der Waals surface area contributed by atoms with Crippen LogP contribution in [0.1, 0.15) is 16.4 Å². The van der Waals surface area contributed by atoms with Gasteiger partial charge in [0.2, 0.25) is 0 Å². The number of benzene rings is 2. The lowest BCUT2D eigenvalue weighted by Gasteiger charge is -2.19. The fraction of sp³-hybridized carbons (Fsp3) is 0.158. The molecule has 2 nitrogen and oxygen atoms in total. The first-order valence-corrected chi connectivity index (χ1v) is 10.3. The Labute approximate surface area is 177 Å². The smallest absolute Gasteiger partial charge is 0.0946 e. The third-order valence-electron chi connectivity index (χ3n) is 3.78. The molecule has 0 saturated heterocycles. The molecule has 1 atom stereocenters. The highest BCUT2D eigenvalue weighted by Gasteiger charge is 2.19. The predicted octanol–water partition coefficient (Wildman–Crippen LogP) is 6.89. The Morgan fingerprint density at radius 1 is 1.08 bits per heavy atom. The van der Waals surface area contributed by atoms with Crippen LogP contribution in [0, 0.1) is 0 Å². The van der Waals surface area contributed by atoms with E-state index in [0.29, 0.717) is 23.0 Å². The molecular formula is C19H15Cl3N2S2. The second-order valence-corrected chi connectivity index (χ2v) is 9.04. The van der Waals surface area contributed by atoms with Gasteiger partial charge in [0.25, 0.3) is 0 Å². The van der Waals surface area contributed by atoms with Crippen molar-refractivity contribution in [3.63, 3.8) is 0 Å². The molecule has 3 rings (SSSR count). The van der Waals surface area contributed by atoms with Crippen molar-refractivity contribution in [3.8, 4) is 0 Å². The van der Waals surface area contributed by atoms with Crippen LogP contribution < -0.4 is 0 Å². The van der Waals surface area contributed by atoms with Crippen LogP contribution in [0.15, 0.2) is 61.2 Å². The van der Waals surface area contributed by atoms with E-state index in [4.69, 9.17) is 47.0 Å². The van der Waals surface area contributed by atoms with Gasteiger partial charge in [-0.3, -0.25) is 0 Å². The fourth-order valence-electron chi connectivity index (χ4n) is 2.52. The quantitative estimate of drug-likeness (QED) is 0.388. The van der Waals surface area contributed by atoms with Gasteiger partial charge in [0.05, 0.1) is 15.8 Å². The van der Waals surface area contributed by atoms with Crippen LogP contribution in [0.25, 0.3) is 0 Å².